The van der Waals surface area contributed by atoms with Crippen molar-refractivity contribution in [3.8, 4) is 5.75 Å². The molecule has 0 atom stereocenters. The Bertz CT molecular complexity index is 1040. The molecule has 3 rings (SSSR count). The topological polar surface area (TPSA) is 79.5 Å². The van der Waals surface area contributed by atoms with Gasteiger partial charge in [0.1, 0.15) is 12.4 Å². The maximum Gasteiger partial charge on any atom is 0.257 e. The summed E-state index contributed by atoms with van der Waals surface area (Å²) in [6.45, 7) is 1.86. The monoisotopic (exact) mass is 419 g/mol. The van der Waals surface area contributed by atoms with Crippen molar-refractivity contribution in [2.24, 2.45) is 0 Å². The Hall–Kier alpha value is -3.71. The smallest absolute Gasteiger partial charge is 0.257 e. The molecule has 7 heteroatoms. The van der Waals surface area contributed by atoms with Crippen LogP contribution in [0.15, 0.2) is 78.9 Å². The number of rotatable bonds is 6. The highest BCUT2D eigenvalue weighted by Crippen LogP contribution is 2.16. The van der Waals surface area contributed by atoms with Crippen molar-refractivity contribution in [3.63, 3.8) is 0 Å². The van der Waals surface area contributed by atoms with Gasteiger partial charge in [0.05, 0.1) is 0 Å². The highest BCUT2D eigenvalue weighted by molar-refractivity contribution is 7.80. The average Bonchev–Trinajstić information content (AvgIpc) is 2.74. The number of anilines is 2. The van der Waals surface area contributed by atoms with Crippen LogP contribution in [0.5, 0.6) is 5.75 Å². The fourth-order valence-corrected chi connectivity index (χ4v) is 2.86. The molecule has 152 valence electrons. The molecule has 0 aromatic heterocycles. The lowest BCUT2D eigenvalue weighted by Crippen LogP contribution is -2.34. The van der Waals surface area contributed by atoms with Gasteiger partial charge in [0, 0.05) is 23.9 Å². The summed E-state index contributed by atoms with van der Waals surface area (Å²) in [6, 6.07) is 23.7. The van der Waals surface area contributed by atoms with Gasteiger partial charge in [-0.15, -0.1) is 0 Å². The van der Waals surface area contributed by atoms with Crippen molar-refractivity contribution in [2.45, 2.75) is 13.5 Å². The maximum absolute atomic E-state index is 12.5. The van der Waals surface area contributed by atoms with Gasteiger partial charge >= 0.3 is 0 Å². The van der Waals surface area contributed by atoms with E-state index in [0.717, 1.165) is 5.56 Å². The minimum Gasteiger partial charge on any atom is -0.489 e. The predicted molar refractivity (Wildman–Crippen MR) is 122 cm³/mol. The van der Waals surface area contributed by atoms with E-state index in [2.05, 4.69) is 16.0 Å². The number of carbonyl (C=O) groups excluding carboxylic acids is 2. The third-order valence-corrected chi connectivity index (χ3v) is 4.24. The van der Waals surface area contributed by atoms with Gasteiger partial charge < -0.3 is 15.4 Å². The summed E-state index contributed by atoms with van der Waals surface area (Å²) in [5.41, 5.74) is 2.85. The Morgan fingerprint density at radius 3 is 2.20 bits per heavy atom. The summed E-state index contributed by atoms with van der Waals surface area (Å²) in [5.74, 6) is 0.111. The fraction of sp³-hybridized carbons (Fsp3) is 0.0870. The Morgan fingerprint density at radius 2 is 1.53 bits per heavy atom. The molecule has 3 aromatic carbocycles. The molecule has 3 aromatic rings. The van der Waals surface area contributed by atoms with Crippen LogP contribution in [0, 0.1) is 0 Å². The van der Waals surface area contributed by atoms with Crippen LogP contribution in [0.3, 0.4) is 0 Å². The number of carbonyl (C=O) groups is 2. The summed E-state index contributed by atoms with van der Waals surface area (Å²) in [6.07, 6.45) is 0. The lowest BCUT2D eigenvalue weighted by molar-refractivity contribution is -0.114. The van der Waals surface area contributed by atoms with Gasteiger partial charge in [0.15, 0.2) is 5.11 Å². The fourth-order valence-electron chi connectivity index (χ4n) is 2.65. The second kappa shape index (κ2) is 10.2. The first-order valence-corrected chi connectivity index (χ1v) is 9.67. The van der Waals surface area contributed by atoms with Crippen molar-refractivity contribution in [1.29, 1.82) is 0 Å². The van der Waals surface area contributed by atoms with Gasteiger partial charge in [-0.05, 0) is 60.2 Å². The van der Waals surface area contributed by atoms with Crippen LogP contribution in [0.25, 0.3) is 0 Å². The molecule has 3 N–H and O–H groups in total. The Labute approximate surface area is 180 Å². The molecule has 0 aliphatic carbocycles. The first-order valence-electron chi connectivity index (χ1n) is 9.26. The van der Waals surface area contributed by atoms with Gasteiger partial charge in [-0.3, -0.25) is 14.9 Å². The molecule has 6 nitrogen and oxygen atoms in total. The Balaban J connectivity index is 1.54. The Kier molecular flexibility index (Phi) is 7.13. The van der Waals surface area contributed by atoms with Crippen LogP contribution in [0.4, 0.5) is 11.4 Å². The second-order valence-corrected chi connectivity index (χ2v) is 6.88. The minimum atomic E-state index is -0.340. The van der Waals surface area contributed by atoms with E-state index >= 15 is 0 Å². The predicted octanol–water partition coefficient (Wildman–Crippen LogP) is 4.35. The molecule has 2 amide bonds. The number of hydrogen-bond acceptors (Lipinski definition) is 4. The van der Waals surface area contributed by atoms with E-state index in [1.54, 1.807) is 48.5 Å². The van der Waals surface area contributed by atoms with Crippen molar-refractivity contribution in [1.82, 2.24) is 5.32 Å². The molecule has 0 heterocycles. The van der Waals surface area contributed by atoms with E-state index in [1.807, 2.05) is 30.3 Å². The lowest BCUT2D eigenvalue weighted by Gasteiger charge is -2.11. The third-order valence-electron chi connectivity index (χ3n) is 4.03. The largest absolute Gasteiger partial charge is 0.489 e. The molecular formula is C23H21N3O3S. The molecule has 0 saturated carbocycles. The van der Waals surface area contributed by atoms with Gasteiger partial charge in [-0.25, -0.2) is 0 Å². The summed E-state index contributed by atoms with van der Waals surface area (Å²) < 4.78 is 5.76. The third kappa shape index (κ3) is 6.42. The first-order chi connectivity index (χ1) is 14.5. The molecule has 30 heavy (non-hydrogen) atoms. The van der Waals surface area contributed by atoms with E-state index in [0.29, 0.717) is 29.3 Å². The van der Waals surface area contributed by atoms with E-state index in [-0.39, 0.29) is 16.9 Å². The molecule has 0 bridgehead atoms. The van der Waals surface area contributed by atoms with Gasteiger partial charge in [-0.2, -0.15) is 0 Å². The standard InChI is InChI=1S/C23H21N3O3S/c1-16(27)24-19-10-12-20(13-11-19)25-23(30)26-22(28)18-8-5-9-21(14-18)29-15-17-6-3-2-4-7-17/h2-14H,15H2,1H3,(H,24,27)(H2,25,26,28,30). The molecule has 0 radical (unpaired) electrons. The number of amides is 2. The number of hydrogen-bond donors (Lipinski definition) is 3. The van der Waals surface area contributed by atoms with Gasteiger partial charge in [0.25, 0.3) is 5.91 Å². The van der Waals surface area contributed by atoms with Gasteiger partial charge in [-0.1, -0.05) is 36.4 Å². The zero-order valence-corrected chi connectivity index (χ0v) is 17.2. The van der Waals surface area contributed by atoms with Crippen LogP contribution in [0.1, 0.15) is 22.8 Å². The summed E-state index contributed by atoms with van der Waals surface area (Å²) >= 11 is 5.22. The normalized spacial score (nSPS) is 10.0. The zero-order valence-electron chi connectivity index (χ0n) is 16.3. The summed E-state index contributed by atoms with van der Waals surface area (Å²) in [7, 11) is 0. The molecular weight excluding hydrogens is 398 g/mol. The lowest BCUT2D eigenvalue weighted by atomic mass is 10.2. The zero-order chi connectivity index (χ0) is 21.3. The highest BCUT2D eigenvalue weighted by Gasteiger charge is 2.09. The second-order valence-electron chi connectivity index (χ2n) is 6.47. The van der Waals surface area contributed by atoms with E-state index in [1.165, 1.54) is 6.92 Å². The molecule has 0 aliphatic heterocycles. The van der Waals surface area contributed by atoms with Crippen LogP contribution in [-0.2, 0) is 11.4 Å². The first kappa shape index (κ1) is 21.0. The SMILES string of the molecule is CC(=O)Nc1ccc(NC(=S)NC(=O)c2cccc(OCc3ccccc3)c2)cc1. The number of nitrogens with one attached hydrogen (secondary N) is 3. The van der Waals surface area contributed by atoms with Crippen LogP contribution >= 0.6 is 12.2 Å². The quantitative estimate of drug-likeness (QED) is 0.518. The summed E-state index contributed by atoms with van der Waals surface area (Å²) in [4.78, 5) is 23.6. The average molecular weight is 420 g/mol. The number of thiocarbonyl (C=S) groups is 1. The molecule has 0 fully saturated rings. The molecule has 0 spiro atoms. The van der Waals surface area contributed by atoms with Crippen molar-refractivity contribution in [3.05, 3.63) is 90.0 Å². The van der Waals surface area contributed by atoms with E-state index < -0.39 is 0 Å². The van der Waals surface area contributed by atoms with Crippen LogP contribution in [-0.4, -0.2) is 16.9 Å². The van der Waals surface area contributed by atoms with Crippen molar-refractivity contribution in [2.75, 3.05) is 10.6 Å². The number of ether oxygens (including phenoxy) is 1. The van der Waals surface area contributed by atoms with Gasteiger partial charge in [0.2, 0.25) is 5.91 Å². The van der Waals surface area contributed by atoms with E-state index in [9.17, 15) is 9.59 Å². The minimum absolute atomic E-state index is 0.145. The maximum atomic E-state index is 12.5. The van der Waals surface area contributed by atoms with Crippen molar-refractivity contribution < 1.29 is 14.3 Å². The summed E-state index contributed by atoms with van der Waals surface area (Å²) in [5, 5.41) is 8.44. The molecule has 0 unspecified atom stereocenters. The number of benzene rings is 3. The molecule has 0 aliphatic rings. The van der Waals surface area contributed by atoms with Crippen molar-refractivity contribution >= 4 is 40.5 Å². The molecule has 0 saturated heterocycles. The Morgan fingerprint density at radius 1 is 0.867 bits per heavy atom. The highest BCUT2D eigenvalue weighted by atomic mass is 32.1. The van der Waals surface area contributed by atoms with E-state index in [4.69, 9.17) is 17.0 Å². The van der Waals surface area contributed by atoms with Crippen LogP contribution < -0.4 is 20.7 Å². The van der Waals surface area contributed by atoms with Crippen LogP contribution in [0.2, 0.25) is 0 Å².